The average Bonchev–Trinajstić information content (AvgIpc) is 3.00. The average molecular weight is 378 g/mol. The first-order valence-electron chi connectivity index (χ1n) is 6.59. The van der Waals surface area contributed by atoms with Crippen molar-refractivity contribution >= 4 is 33.3 Å². The molecule has 0 spiro atoms. The fourth-order valence-electron chi connectivity index (χ4n) is 2.09. The Hall–Kier alpha value is -2.68. The quantitative estimate of drug-likeness (QED) is 0.723. The molecule has 118 valence electrons. The number of rotatable bonds is 3. The van der Waals surface area contributed by atoms with Gasteiger partial charge in [-0.15, -0.1) is 0 Å². The fourth-order valence-corrected chi connectivity index (χ4v) is 2.52. The normalized spacial score (nSPS) is 10.7. The summed E-state index contributed by atoms with van der Waals surface area (Å²) in [5.41, 5.74) is 0.385. The Balaban J connectivity index is 2.02. The SMILES string of the molecule is COc1ccc(Br)c(C(=O)Nc2c(C)nc3nc[nH]n3c2=O)c1. The number of amides is 1. The van der Waals surface area contributed by atoms with Crippen LogP contribution in [0.3, 0.4) is 0 Å². The lowest BCUT2D eigenvalue weighted by Gasteiger charge is -2.09. The minimum Gasteiger partial charge on any atom is -0.497 e. The topological polar surface area (TPSA) is 101 Å². The first kappa shape index (κ1) is 15.2. The second kappa shape index (κ2) is 5.84. The van der Waals surface area contributed by atoms with Crippen LogP contribution in [0.5, 0.6) is 5.75 Å². The van der Waals surface area contributed by atoms with Crippen LogP contribution in [-0.2, 0) is 0 Å². The molecule has 9 heteroatoms. The number of aromatic amines is 1. The molecule has 0 aliphatic heterocycles. The lowest BCUT2D eigenvalue weighted by atomic mass is 10.2. The first-order chi connectivity index (χ1) is 11.0. The van der Waals surface area contributed by atoms with Crippen LogP contribution < -0.4 is 15.6 Å². The zero-order valence-electron chi connectivity index (χ0n) is 12.3. The minimum absolute atomic E-state index is 0.0893. The van der Waals surface area contributed by atoms with Crippen molar-refractivity contribution in [3.63, 3.8) is 0 Å². The third-order valence-electron chi connectivity index (χ3n) is 3.27. The van der Waals surface area contributed by atoms with Gasteiger partial charge in [0, 0.05) is 4.47 Å². The number of fused-ring (bicyclic) bond motifs is 1. The lowest BCUT2D eigenvalue weighted by molar-refractivity contribution is 0.102. The van der Waals surface area contributed by atoms with Crippen LogP contribution in [0.4, 0.5) is 5.69 Å². The molecule has 0 atom stereocenters. The van der Waals surface area contributed by atoms with Crippen LogP contribution >= 0.6 is 15.9 Å². The van der Waals surface area contributed by atoms with Gasteiger partial charge in [-0.1, -0.05) is 0 Å². The van der Waals surface area contributed by atoms with E-state index in [1.807, 2.05) is 0 Å². The maximum atomic E-state index is 12.5. The predicted octanol–water partition coefficient (Wildman–Crippen LogP) is 1.75. The van der Waals surface area contributed by atoms with Gasteiger partial charge in [-0.05, 0) is 41.1 Å². The monoisotopic (exact) mass is 377 g/mol. The Bertz CT molecular complexity index is 963. The summed E-state index contributed by atoms with van der Waals surface area (Å²) in [6.45, 7) is 1.63. The Labute approximate surface area is 138 Å². The van der Waals surface area contributed by atoms with E-state index >= 15 is 0 Å². The molecule has 2 heterocycles. The minimum atomic E-state index is -0.447. The van der Waals surface area contributed by atoms with E-state index in [-0.39, 0.29) is 11.5 Å². The Kier molecular flexibility index (Phi) is 3.87. The summed E-state index contributed by atoms with van der Waals surface area (Å²) < 4.78 is 6.86. The summed E-state index contributed by atoms with van der Waals surface area (Å²) in [6.07, 6.45) is 1.35. The number of aromatic nitrogens is 4. The number of hydrogen-bond acceptors (Lipinski definition) is 5. The van der Waals surface area contributed by atoms with E-state index in [4.69, 9.17) is 4.74 Å². The van der Waals surface area contributed by atoms with Crippen molar-refractivity contribution in [1.29, 1.82) is 0 Å². The maximum absolute atomic E-state index is 12.5. The highest BCUT2D eigenvalue weighted by atomic mass is 79.9. The zero-order valence-corrected chi connectivity index (χ0v) is 13.8. The summed E-state index contributed by atoms with van der Waals surface area (Å²) in [7, 11) is 1.51. The van der Waals surface area contributed by atoms with E-state index in [1.165, 1.54) is 13.4 Å². The molecule has 2 N–H and O–H groups in total. The van der Waals surface area contributed by atoms with Crippen LogP contribution in [0.15, 0.2) is 33.8 Å². The maximum Gasteiger partial charge on any atom is 0.298 e. The highest BCUT2D eigenvalue weighted by Crippen LogP contribution is 2.23. The molecular weight excluding hydrogens is 366 g/mol. The molecule has 3 rings (SSSR count). The number of H-pyrrole nitrogens is 1. The largest absolute Gasteiger partial charge is 0.497 e. The Morgan fingerprint density at radius 3 is 2.96 bits per heavy atom. The number of carbonyl (C=O) groups is 1. The van der Waals surface area contributed by atoms with Gasteiger partial charge in [0.1, 0.15) is 17.8 Å². The molecule has 0 aliphatic carbocycles. The van der Waals surface area contributed by atoms with Gasteiger partial charge in [0.25, 0.3) is 17.2 Å². The summed E-state index contributed by atoms with van der Waals surface area (Å²) in [4.78, 5) is 33.0. The van der Waals surface area contributed by atoms with Crippen LogP contribution in [0.2, 0.25) is 0 Å². The molecule has 0 unspecified atom stereocenters. The molecule has 1 amide bonds. The molecule has 0 saturated carbocycles. The summed E-state index contributed by atoms with van der Waals surface area (Å²) >= 11 is 3.31. The van der Waals surface area contributed by atoms with Crippen LogP contribution in [0, 0.1) is 6.92 Å². The van der Waals surface area contributed by atoms with Crippen LogP contribution in [0.1, 0.15) is 16.1 Å². The van der Waals surface area contributed by atoms with E-state index in [0.717, 1.165) is 4.52 Å². The molecule has 0 radical (unpaired) electrons. The van der Waals surface area contributed by atoms with Crippen LogP contribution in [0.25, 0.3) is 5.78 Å². The molecule has 8 nitrogen and oxygen atoms in total. The van der Waals surface area contributed by atoms with Crippen molar-refractivity contribution in [3.8, 4) is 5.75 Å². The lowest BCUT2D eigenvalue weighted by Crippen LogP contribution is -2.25. The number of carbonyl (C=O) groups excluding carboxylic acids is 1. The van der Waals surface area contributed by atoms with Crippen molar-refractivity contribution in [3.05, 3.63) is 50.6 Å². The standard InChI is InChI=1S/C14H12BrN5O3/c1-7-11(13(22)20-14(18-7)16-6-17-20)19-12(21)9-5-8(23-2)3-4-10(9)15/h3-6H,1-2H3,(H,19,21)(H,16,17,18). The molecule has 0 aliphatic rings. The molecule has 0 bridgehead atoms. The van der Waals surface area contributed by atoms with Gasteiger partial charge >= 0.3 is 0 Å². The van der Waals surface area contributed by atoms with Crippen molar-refractivity contribution in [2.45, 2.75) is 6.92 Å². The van der Waals surface area contributed by atoms with E-state index in [1.54, 1.807) is 25.1 Å². The predicted molar refractivity (Wildman–Crippen MR) is 87.0 cm³/mol. The summed E-state index contributed by atoms with van der Waals surface area (Å²) in [5.74, 6) is 0.333. The molecule has 23 heavy (non-hydrogen) atoms. The van der Waals surface area contributed by atoms with Gasteiger partial charge in [0.05, 0.1) is 18.4 Å². The van der Waals surface area contributed by atoms with E-state index in [9.17, 15) is 9.59 Å². The second-order valence-corrected chi connectivity index (χ2v) is 5.55. The van der Waals surface area contributed by atoms with Crippen molar-refractivity contribution < 1.29 is 9.53 Å². The van der Waals surface area contributed by atoms with Gasteiger partial charge in [-0.2, -0.15) is 4.52 Å². The smallest absolute Gasteiger partial charge is 0.298 e. The number of aryl methyl sites for hydroxylation is 1. The van der Waals surface area contributed by atoms with Crippen molar-refractivity contribution in [2.24, 2.45) is 0 Å². The van der Waals surface area contributed by atoms with Gasteiger partial charge in [-0.25, -0.2) is 9.97 Å². The van der Waals surface area contributed by atoms with Gasteiger partial charge in [-0.3, -0.25) is 14.7 Å². The highest BCUT2D eigenvalue weighted by Gasteiger charge is 2.17. The number of benzene rings is 1. The molecule has 0 fully saturated rings. The summed E-state index contributed by atoms with van der Waals surface area (Å²) in [6, 6.07) is 5.00. The molecule has 0 saturated heterocycles. The Morgan fingerprint density at radius 2 is 2.22 bits per heavy atom. The van der Waals surface area contributed by atoms with Crippen molar-refractivity contribution in [2.75, 3.05) is 12.4 Å². The van der Waals surface area contributed by atoms with E-state index in [2.05, 4.69) is 36.3 Å². The Morgan fingerprint density at radius 1 is 1.43 bits per heavy atom. The fraction of sp³-hybridized carbons (Fsp3) is 0.143. The zero-order chi connectivity index (χ0) is 16.6. The van der Waals surface area contributed by atoms with E-state index < -0.39 is 11.5 Å². The first-order valence-corrected chi connectivity index (χ1v) is 7.38. The van der Waals surface area contributed by atoms with Gasteiger partial charge in [0.15, 0.2) is 0 Å². The van der Waals surface area contributed by atoms with Gasteiger partial charge < -0.3 is 10.1 Å². The third-order valence-corrected chi connectivity index (χ3v) is 3.96. The van der Waals surface area contributed by atoms with Crippen molar-refractivity contribution in [1.82, 2.24) is 19.6 Å². The number of nitrogens with zero attached hydrogens (tertiary/aromatic N) is 3. The van der Waals surface area contributed by atoms with Gasteiger partial charge in [0.2, 0.25) is 0 Å². The molecule has 1 aromatic carbocycles. The number of hydrogen-bond donors (Lipinski definition) is 2. The number of ether oxygens (including phenoxy) is 1. The second-order valence-electron chi connectivity index (χ2n) is 4.70. The number of anilines is 1. The highest BCUT2D eigenvalue weighted by molar-refractivity contribution is 9.10. The molecule has 3 aromatic rings. The number of methoxy groups -OCH3 is 1. The number of halogens is 1. The van der Waals surface area contributed by atoms with Crippen LogP contribution in [-0.4, -0.2) is 32.6 Å². The molecule has 2 aromatic heterocycles. The number of nitrogens with one attached hydrogen (secondary N) is 2. The summed E-state index contributed by atoms with van der Waals surface area (Å²) in [5, 5.41) is 5.25. The molecular formula is C14H12BrN5O3. The van der Waals surface area contributed by atoms with E-state index in [0.29, 0.717) is 21.5 Å². The third kappa shape index (κ3) is 2.70.